The van der Waals surface area contributed by atoms with E-state index >= 15 is 0 Å². The van der Waals surface area contributed by atoms with Crippen molar-refractivity contribution in [1.29, 1.82) is 0 Å². The number of alkyl halides is 1. The Morgan fingerprint density at radius 2 is 2.00 bits per heavy atom. The Kier molecular flexibility index (Phi) is 6.12. The summed E-state index contributed by atoms with van der Waals surface area (Å²) < 4.78 is 0. The third kappa shape index (κ3) is 3.46. The molecule has 0 fully saturated rings. The molecule has 0 heterocycles. The zero-order valence-electron chi connectivity index (χ0n) is 9.14. The van der Waals surface area contributed by atoms with Gasteiger partial charge in [0.05, 0.1) is 12.1 Å². The Bertz CT molecular complexity index is 173. The predicted molar refractivity (Wildman–Crippen MR) is 58.4 cm³/mol. The predicted octanol–water partition coefficient (Wildman–Crippen LogP) is 1.53. The van der Waals surface area contributed by atoms with Crippen molar-refractivity contribution in [2.24, 2.45) is 5.92 Å². The fourth-order valence-corrected chi connectivity index (χ4v) is 1.28. The van der Waals surface area contributed by atoms with Crippen LogP contribution in [-0.2, 0) is 4.79 Å². The minimum atomic E-state index is -0.475. The van der Waals surface area contributed by atoms with Crippen LogP contribution < -0.4 is 5.32 Å². The van der Waals surface area contributed by atoms with Gasteiger partial charge in [0, 0.05) is 11.8 Å². The Morgan fingerprint density at radius 3 is 2.29 bits per heavy atom. The van der Waals surface area contributed by atoms with E-state index in [1.807, 2.05) is 13.8 Å². The smallest absolute Gasteiger partial charge is 0.224 e. The van der Waals surface area contributed by atoms with E-state index in [-0.39, 0.29) is 18.4 Å². The highest BCUT2D eigenvalue weighted by Gasteiger charge is 2.28. The standard InChI is InChI=1S/C10H20ClNO2/c1-4-10(5-2,7-13)12-9(14)8(3)6-11/h8,13H,4-7H2,1-3H3,(H,12,14). The normalized spacial score (nSPS) is 13.8. The van der Waals surface area contributed by atoms with Crippen LogP contribution in [0.5, 0.6) is 0 Å². The molecule has 0 bridgehead atoms. The summed E-state index contributed by atoms with van der Waals surface area (Å²) in [7, 11) is 0. The molecule has 0 aliphatic carbocycles. The molecule has 0 aromatic rings. The number of aliphatic hydroxyl groups excluding tert-OH is 1. The second-order valence-electron chi connectivity index (χ2n) is 3.69. The maximum Gasteiger partial charge on any atom is 0.224 e. The number of hydrogen-bond donors (Lipinski definition) is 2. The van der Waals surface area contributed by atoms with Crippen LogP contribution in [0.1, 0.15) is 33.6 Å². The maximum absolute atomic E-state index is 11.6. The lowest BCUT2D eigenvalue weighted by atomic mass is 9.93. The second-order valence-corrected chi connectivity index (χ2v) is 4.00. The number of carbonyl (C=O) groups excluding carboxylic acids is 1. The Morgan fingerprint density at radius 1 is 1.50 bits per heavy atom. The fourth-order valence-electron chi connectivity index (χ4n) is 1.14. The first-order valence-corrected chi connectivity index (χ1v) is 5.57. The Balaban J connectivity index is 4.37. The van der Waals surface area contributed by atoms with Crippen molar-refractivity contribution in [2.75, 3.05) is 12.5 Å². The molecular weight excluding hydrogens is 202 g/mol. The summed E-state index contributed by atoms with van der Waals surface area (Å²) in [5, 5.41) is 12.1. The zero-order chi connectivity index (χ0) is 11.2. The molecule has 0 aromatic carbocycles. The SMILES string of the molecule is CCC(CC)(CO)NC(=O)C(C)CCl. The number of halogens is 1. The van der Waals surface area contributed by atoms with E-state index in [0.717, 1.165) is 12.8 Å². The van der Waals surface area contributed by atoms with Crippen LogP contribution in [-0.4, -0.2) is 29.0 Å². The first-order chi connectivity index (χ1) is 6.55. The lowest BCUT2D eigenvalue weighted by Crippen LogP contribution is -2.52. The van der Waals surface area contributed by atoms with E-state index < -0.39 is 5.54 Å². The Labute approximate surface area is 90.8 Å². The van der Waals surface area contributed by atoms with Crippen molar-refractivity contribution in [2.45, 2.75) is 39.2 Å². The molecule has 0 radical (unpaired) electrons. The largest absolute Gasteiger partial charge is 0.394 e. The minimum absolute atomic E-state index is 0.0270. The van der Waals surface area contributed by atoms with E-state index in [9.17, 15) is 9.90 Å². The lowest BCUT2D eigenvalue weighted by molar-refractivity contribution is -0.126. The molecule has 3 nitrogen and oxygen atoms in total. The van der Waals surface area contributed by atoms with Crippen molar-refractivity contribution in [3.63, 3.8) is 0 Å². The van der Waals surface area contributed by atoms with Gasteiger partial charge in [-0.15, -0.1) is 11.6 Å². The van der Waals surface area contributed by atoms with Crippen LogP contribution in [0.25, 0.3) is 0 Å². The average molecular weight is 222 g/mol. The van der Waals surface area contributed by atoms with Gasteiger partial charge in [-0.05, 0) is 12.8 Å². The molecule has 4 heteroatoms. The topological polar surface area (TPSA) is 49.3 Å². The van der Waals surface area contributed by atoms with Crippen molar-refractivity contribution in [3.05, 3.63) is 0 Å². The van der Waals surface area contributed by atoms with Crippen LogP contribution in [0.2, 0.25) is 0 Å². The van der Waals surface area contributed by atoms with E-state index in [1.165, 1.54) is 0 Å². The number of amides is 1. The third-order valence-electron chi connectivity index (χ3n) is 2.72. The van der Waals surface area contributed by atoms with Gasteiger partial charge in [0.25, 0.3) is 0 Å². The molecule has 1 amide bonds. The molecule has 0 aliphatic rings. The van der Waals surface area contributed by atoms with Gasteiger partial charge in [-0.3, -0.25) is 4.79 Å². The monoisotopic (exact) mass is 221 g/mol. The molecule has 0 spiro atoms. The van der Waals surface area contributed by atoms with Gasteiger partial charge in [0.15, 0.2) is 0 Å². The average Bonchev–Trinajstić information content (AvgIpc) is 2.24. The summed E-state index contributed by atoms with van der Waals surface area (Å²) in [6, 6.07) is 0. The second kappa shape index (κ2) is 6.25. The highest BCUT2D eigenvalue weighted by atomic mass is 35.5. The fraction of sp³-hybridized carbons (Fsp3) is 0.900. The molecule has 84 valence electrons. The van der Waals surface area contributed by atoms with E-state index in [4.69, 9.17) is 11.6 Å². The number of rotatable bonds is 6. The molecule has 14 heavy (non-hydrogen) atoms. The molecule has 1 unspecified atom stereocenters. The highest BCUT2D eigenvalue weighted by molar-refractivity contribution is 6.19. The number of carbonyl (C=O) groups is 1. The molecule has 0 aromatic heterocycles. The molecular formula is C10H20ClNO2. The lowest BCUT2D eigenvalue weighted by Gasteiger charge is -2.31. The van der Waals surface area contributed by atoms with Gasteiger partial charge in [0.2, 0.25) is 5.91 Å². The molecule has 0 rings (SSSR count). The number of aliphatic hydroxyl groups is 1. The van der Waals surface area contributed by atoms with E-state index in [1.54, 1.807) is 6.92 Å². The number of hydrogen-bond acceptors (Lipinski definition) is 2. The van der Waals surface area contributed by atoms with Crippen LogP contribution in [0, 0.1) is 5.92 Å². The van der Waals surface area contributed by atoms with Gasteiger partial charge in [-0.2, -0.15) is 0 Å². The maximum atomic E-state index is 11.6. The molecule has 0 aliphatic heterocycles. The first-order valence-electron chi connectivity index (χ1n) is 5.04. The quantitative estimate of drug-likeness (QED) is 0.669. The first kappa shape index (κ1) is 13.7. The molecule has 1 atom stereocenters. The summed E-state index contributed by atoms with van der Waals surface area (Å²) in [5.74, 6) is 0.0132. The summed E-state index contributed by atoms with van der Waals surface area (Å²) >= 11 is 5.58. The minimum Gasteiger partial charge on any atom is -0.394 e. The van der Waals surface area contributed by atoms with Crippen LogP contribution in [0.15, 0.2) is 0 Å². The number of nitrogens with one attached hydrogen (secondary N) is 1. The van der Waals surface area contributed by atoms with Crippen LogP contribution in [0.4, 0.5) is 0 Å². The van der Waals surface area contributed by atoms with Gasteiger partial charge >= 0.3 is 0 Å². The van der Waals surface area contributed by atoms with Crippen LogP contribution >= 0.6 is 11.6 Å². The van der Waals surface area contributed by atoms with Gasteiger partial charge in [-0.25, -0.2) is 0 Å². The van der Waals surface area contributed by atoms with Crippen molar-refractivity contribution >= 4 is 17.5 Å². The molecule has 0 saturated heterocycles. The van der Waals surface area contributed by atoms with Crippen LogP contribution in [0.3, 0.4) is 0 Å². The van der Waals surface area contributed by atoms with E-state index in [2.05, 4.69) is 5.32 Å². The summed E-state index contributed by atoms with van der Waals surface area (Å²) in [6.45, 7) is 5.65. The summed E-state index contributed by atoms with van der Waals surface area (Å²) in [4.78, 5) is 11.6. The van der Waals surface area contributed by atoms with Crippen molar-refractivity contribution < 1.29 is 9.90 Å². The van der Waals surface area contributed by atoms with Gasteiger partial charge in [-0.1, -0.05) is 20.8 Å². The Hall–Kier alpha value is -0.280. The summed E-state index contributed by atoms with van der Waals surface area (Å²) in [6.07, 6.45) is 1.45. The molecule has 0 saturated carbocycles. The third-order valence-corrected chi connectivity index (χ3v) is 3.19. The highest BCUT2D eigenvalue weighted by Crippen LogP contribution is 2.15. The van der Waals surface area contributed by atoms with Crippen molar-refractivity contribution in [1.82, 2.24) is 5.32 Å². The van der Waals surface area contributed by atoms with Gasteiger partial charge in [0.1, 0.15) is 0 Å². The van der Waals surface area contributed by atoms with Crippen molar-refractivity contribution in [3.8, 4) is 0 Å². The van der Waals surface area contributed by atoms with E-state index in [0.29, 0.717) is 5.88 Å². The van der Waals surface area contributed by atoms with Gasteiger partial charge < -0.3 is 10.4 Å². The molecule has 2 N–H and O–H groups in total. The summed E-state index contributed by atoms with van der Waals surface area (Å²) in [5.41, 5.74) is -0.475. The zero-order valence-corrected chi connectivity index (χ0v) is 9.90.